The molecule has 2 aromatic rings. The summed E-state index contributed by atoms with van der Waals surface area (Å²) in [6, 6.07) is 15.0. The lowest BCUT2D eigenvalue weighted by Gasteiger charge is -2.17. The van der Waals surface area contributed by atoms with Crippen molar-refractivity contribution in [3.8, 4) is 11.1 Å². The molecule has 1 fully saturated rings. The summed E-state index contributed by atoms with van der Waals surface area (Å²) in [5, 5.41) is 9.06. The monoisotopic (exact) mass is 334 g/mol. The second-order valence-corrected chi connectivity index (χ2v) is 6.60. The van der Waals surface area contributed by atoms with Gasteiger partial charge in [0.1, 0.15) is 6.29 Å². The molecule has 0 bridgehead atoms. The topological polar surface area (TPSA) is 63.6 Å². The number of hydrogen-bond acceptors (Lipinski definition) is 3. The minimum atomic E-state index is -0.926. The van der Waals surface area contributed by atoms with Crippen LogP contribution in [0.5, 0.6) is 0 Å². The zero-order chi connectivity index (χ0) is 17.4. The van der Waals surface area contributed by atoms with Gasteiger partial charge in [-0.3, -0.25) is 4.79 Å². The van der Waals surface area contributed by atoms with E-state index in [0.717, 1.165) is 35.0 Å². The van der Waals surface area contributed by atoms with Crippen molar-refractivity contribution in [2.24, 2.45) is 5.92 Å². The summed E-state index contributed by atoms with van der Waals surface area (Å²) in [4.78, 5) is 22.0. The maximum absolute atomic E-state index is 11.0. The first-order chi connectivity index (χ1) is 12.2. The zero-order valence-electron chi connectivity index (χ0n) is 13.6. The molecule has 0 amide bonds. The molecule has 2 aromatic carbocycles. The van der Waals surface area contributed by atoms with E-state index < -0.39 is 5.97 Å². The van der Waals surface area contributed by atoms with E-state index in [-0.39, 0.29) is 17.8 Å². The van der Waals surface area contributed by atoms with Crippen LogP contribution >= 0.6 is 0 Å². The van der Waals surface area contributed by atoms with Crippen LogP contribution in [-0.4, -0.2) is 23.5 Å². The van der Waals surface area contributed by atoms with E-state index in [1.54, 1.807) is 12.1 Å². The molecule has 25 heavy (non-hydrogen) atoms. The van der Waals surface area contributed by atoms with Crippen LogP contribution < -0.4 is 0 Å². The predicted molar refractivity (Wildman–Crippen MR) is 93.3 cm³/mol. The van der Waals surface area contributed by atoms with Gasteiger partial charge in [0.15, 0.2) is 0 Å². The van der Waals surface area contributed by atoms with Crippen LogP contribution in [0.1, 0.15) is 34.9 Å². The zero-order valence-corrected chi connectivity index (χ0v) is 13.6. The normalized spacial score (nSPS) is 24.6. The van der Waals surface area contributed by atoms with Gasteiger partial charge in [-0.25, -0.2) is 4.79 Å². The summed E-state index contributed by atoms with van der Waals surface area (Å²) >= 11 is 0. The molecule has 1 aliphatic heterocycles. The maximum Gasteiger partial charge on any atom is 0.335 e. The number of carboxylic acid groups (broad SMARTS) is 1. The molecule has 126 valence electrons. The molecule has 0 saturated carbocycles. The SMILES string of the molecule is O=CC1=C[C@H]2CC(c3ccccc3-c3ccc(C(=O)O)cc3)O[C@H]2C1. The van der Waals surface area contributed by atoms with Gasteiger partial charge in [0.25, 0.3) is 0 Å². The highest BCUT2D eigenvalue weighted by atomic mass is 16.5. The first kappa shape index (κ1) is 15.8. The summed E-state index contributed by atoms with van der Waals surface area (Å²) in [7, 11) is 0. The smallest absolute Gasteiger partial charge is 0.335 e. The van der Waals surface area contributed by atoms with E-state index in [9.17, 15) is 9.59 Å². The first-order valence-electron chi connectivity index (χ1n) is 8.39. The number of aldehydes is 1. The van der Waals surface area contributed by atoms with Gasteiger partial charge in [0.05, 0.1) is 17.8 Å². The van der Waals surface area contributed by atoms with Gasteiger partial charge in [-0.1, -0.05) is 42.5 Å². The predicted octanol–water partition coefficient (Wildman–Crippen LogP) is 4.03. The fourth-order valence-electron chi connectivity index (χ4n) is 3.84. The van der Waals surface area contributed by atoms with Crippen LogP contribution in [0.15, 0.2) is 60.2 Å². The average Bonchev–Trinajstić information content (AvgIpc) is 3.20. The van der Waals surface area contributed by atoms with Gasteiger partial charge in [-0.2, -0.15) is 0 Å². The first-order valence-corrected chi connectivity index (χ1v) is 8.39. The molecule has 0 radical (unpaired) electrons. The van der Waals surface area contributed by atoms with Crippen molar-refractivity contribution in [2.45, 2.75) is 25.0 Å². The van der Waals surface area contributed by atoms with Crippen molar-refractivity contribution < 1.29 is 19.4 Å². The van der Waals surface area contributed by atoms with Gasteiger partial charge in [0.2, 0.25) is 0 Å². The Hall–Kier alpha value is -2.72. The van der Waals surface area contributed by atoms with Gasteiger partial charge in [-0.15, -0.1) is 0 Å². The maximum atomic E-state index is 11.0. The van der Waals surface area contributed by atoms with Crippen molar-refractivity contribution in [2.75, 3.05) is 0 Å². The quantitative estimate of drug-likeness (QED) is 0.858. The molecule has 1 aliphatic carbocycles. The van der Waals surface area contributed by atoms with Gasteiger partial charge in [0, 0.05) is 12.3 Å². The highest BCUT2D eigenvalue weighted by Crippen LogP contribution is 2.45. The van der Waals surface area contributed by atoms with Crippen LogP contribution in [0.3, 0.4) is 0 Å². The number of carbonyl (C=O) groups excluding carboxylic acids is 1. The number of rotatable bonds is 4. The summed E-state index contributed by atoms with van der Waals surface area (Å²) in [6.45, 7) is 0. The summed E-state index contributed by atoms with van der Waals surface area (Å²) in [5.41, 5.74) is 4.26. The van der Waals surface area contributed by atoms with E-state index in [0.29, 0.717) is 12.3 Å². The van der Waals surface area contributed by atoms with E-state index in [4.69, 9.17) is 9.84 Å². The molecule has 3 atom stereocenters. The molecule has 4 rings (SSSR count). The highest BCUT2D eigenvalue weighted by Gasteiger charge is 2.39. The fourth-order valence-corrected chi connectivity index (χ4v) is 3.84. The highest BCUT2D eigenvalue weighted by molar-refractivity contribution is 5.88. The number of carboxylic acids is 1. The van der Waals surface area contributed by atoms with Crippen molar-refractivity contribution in [3.63, 3.8) is 0 Å². The van der Waals surface area contributed by atoms with Crippen LogP contribution in [0.2, 0.25) is 0 Å². The van der Waals surface area contributed by atoms with Crippen LogP contribution in [0.4, 0.5) is 0 Å². The summed E-state index contributed by atoms with van der Waals surface area (Å²) in [6.07, 6.45) is 4.62. The Labute approximate surface area is 145 Å². The number of carbonyl (C=O) groups is 2. The lowest BCUT2D eigenvalue weighted by molar-refractivity contribution is -0.105. The third kappa shape index (κ3) is 2.89. The molecular formula is C21H18O4. The Balaban J connectivity index is 1.63. The molecule has 1 unspecified atom stereocenters. The Morgan fingerprint density at radius 2 is 1.88 bits per heavy atom. The average molecular weight is 334 g/mol. The third-order valence-electron chi connectivity index (χ3n) is 5.07. The lowest BCUT2D eigenvalue weighted by Crippen LogP contribution is -2.09. The molecule has 2 aliphatic rings. The second-order valence-electron chi connectivity index (χ2n) is 6.60. The molecule has 4 nitrogen and oxygen atoms in total. The number of fused-ring (bicyclic) bond motifs is 1. The molecule has 1 saturated heterocycles. The molecule has 0 aromatic heterocycles. The number of ether oxygens (including phenoxy) is 1. The Kier molecular flexibility index (Phi) is 3.98. The standard InChI is InChI=1S/C21H18O4/c22-12-13-9-16-11-20(25-19(16)10-13)18-4-2-1-3-17(18)14-5-7-15(8-6-14)21(23)24/h1-9,12,16,19-20H,10-11H2,(H,23,24)/t16-,19-,20?/m0/s1. The fraction of sp³-hybridized carbons (Fsp3) is 0.238. The molecule has 1 N–H and O–H groups in total. The van der Waals surface area contributed by atoms with Gasteiger partial charge in [-0.05, 0) is 40.8 Å². The number of hydrogen-bond donors (Lipinski definition) is 1. The van der Waals surface area contributed by atoms with Crippen molar-refractivity contribution in [1.29, 1.82) is 0 Å². The molecular weight excluding hydrogens is 316 g/mol. The summed E-state index contributed by atoms with van der Waals surface area (Å²) < 4.78 is 6.22. The Morgan fingerprint density at radius 3 is 2.56 bits per heavy atom. The van der Waals surface area contributed by atoms with E-state index >= 15 is 0 Å². The third-order valence-corrected chi connectivity index (χ3v) is 5.07. The Morgan fingerprint density at radius 1 is 1.12 bits per heavy atom. The van der Waals surface area contributed by atoms with Gasteiger partial charge < -0.3 is 9.84 Å². The minimum absolute atomic E-state index is 0.00481. The number of aromatic carboxylic acids is 1. The molecule has 4 heteroatoms. The summed E-state index contributed by atoms with van der Waals surface area (Å²) in [5.74, 6) is -0.628. The van der Waals surface area contributed by atoms with E-state index in [2.05, 4.69) is 6.07 Å². The van der Waals surface area contributed by atoms with Crippen molar-refractivity contribution in [1.82, 2.24) is 0 Å². The molecule has 0 spiro atoms. The largest absolute Gasteiger partial charge is 0.478 e. The van der Waals surface area contributed by atoms with Crippen LogP contribution in [-0.2, 0) is 9.53 Å². The van der Waals surface area contributed by atoms with Crippen LogP contribution in [0.25, 0.3) is 11.1 Å². The lowest BCUT2D eigenvalue weighted by atomic mass is 9.92. The second kappa shape index (κ2) is 6.30. The van der Waals surface area contributed by atoms with E-state index in [1.807, 2.05) is 36.4 Å². The van der Waals surface area contributed by atoms with E-state index in [1.165, 1.54) is 0 Å². The number of benzene rings is 2. The minimum Gasteiger partial charge on any atom is -0.478 e. The van der Waals surface area contributed by atoms with Crippen molar-refractivity contribution >= 4 is 12.3 Å². The Bertz CT molecular complexity index is 850. The van der Waals surface area contributed by atoms with Crippen LogP contribution in [0, 0.1) is 5.92 Å². The molecule has 1 heterocycles. The van der Waals surface area contributed by atoms with Crippen molar-refractivity contribution in [3.05, 3.63) is 71.3 Å². The van der Waals surface area contributed by atoms with Gasteiger partial charge >= 0.3 is 5.97 Å².